The number of amides is 1. The highest BCUT2D eigenvalue weighted by Gasteiger charge is 2.38. The van der Waals surface area contributed by atoms with Crippen LogP contribution in [0.25, 0.3) is 0 Å². The van der Waals surface area contributed by atoms with Gasteiger partial charge in [0.05, 0.1) is 5.54 Å². The average molecular weight is 347 g/mol. The lowest BCUT2D eigenvalue weighted by Gasteiger charge is -2.33. The lowest BCUT2D eigenvalue weighted by Crippen LogP contribution is -2.52. The number of rotatable bonds is 3. The van der Waals surface area contributed by atoms with Crippen molar-refractivity contribution >= 4 is 40.7 Å². The van der Waals surface area contributed by atoms with Crippen LogP contribution in [0.3, 0.4) is 0 Å². The molecule has 1 aliphatic rings. The number of benzene rings is 1. The zero-order valence-corrected chi connectivity index (χ0v) is 13.9. The van der Waals surface area contributed by atoms with Crippen LogP contribution in [0.15, 0.2) is 42.5 Å². The van der Waals surface area contributed by atoms with Gasteiger partial charge in [-0.25, -0.2) is 0 Å². The van der Waals surface area contributed by atoms with Gasteiger partial charge in [-0.15, -0.1) is 0 Å². The van der Waals surface area contributed by atoms with E-state index in [-0.39, 0.29) is 0 Å². The second-order valence-corrected chi connectivity index (χ2v) is 7.70. The van der Waals surface area contributed by atoms with Gasteiger partial charge in [0.1, 0.15) is 0 Å². The van der Waals surface area contributed by atoms with E-state index in [2.05, 4.69) is 17.5 Å². The first-order chi connectivity index (χ1) is 9.91. The maximum absolute atomic E-state index is 12.1. The summed E-state index contributed by atoms with van der Waals surface area (Å²) in [5, 5.41) is 2.94. The Bertz CT molecular complexity index is 510. The SMILES string of the molecule is O=C(NC1(Cc2ccccc2)C=CCCCC1)C(Cl)(Cl)Cl. The molecule has 1 aromatic rings. The first-order valence-corrected chi connectivity index (χ1v) is 8.16. The third kappa shape index (κ3) is 4.91. The van der Waals surface area contributed by atoms with Crippen LogP contribution in [0.4, 0.5) is 0 Å². The standard InChI is InChI=1S/C16H18Cl3NO/c17-16(18,19)14(21)20-15(10-6-1-2-7-11-15)12-13-8-4-3-5-9-13/h3-6,8-10H,1-2,7,11-12H2,(H,20,21). The summed E-state index contributed by atoms with van der Waals surface area (Å²) in [5.41, 5.74) is 0.660. The summed E-state index contributed by atoms with van der Waals surface area (Å²) in [6, 6.07) is 10.0. The molecule has 0 spiro atoms. The molecular weight excluding hydrogens is 329 g/mol. The second kappa shape index (κ2) is 7.04. The molecule has 0 saturated heterocycles. The van der Waals surface area contributed by atoms with Gasteiger partial charge in [-0.1, -0.05) is 83.7 Å². The van der Waals surface area contributed by atoms with Crippen LogP contribution < -0.4 is 5.32 Å². The Morgan fingerprint density at radius 3 is 2.57 bits per heavy atom. The maximum atomic E-state index is 12.1. The summed E-state index contributed by atoms with van der Waals surface area (Å²) >= 11 is 17.1. The highest BCUT2D eigenvalue weighted by molar-refractivity contribution is 6.76. The van der Waals surface area contributed by atoms with Gasteiger partial charge in [0.25, 0.3) is 9.70 Å². The second-order valence-electron chi connectivity index (χ2n) is 5.42. The molecule has 0 bridgehead atoms. The van der Waals surface area contributed by atoms with E-state index in [1.165, 1.54) is 0 Å². The van der Waals surface area contributed by atoms with Crippen molar-refractivity contribution in [2.45, 2.75) is 41.4 Å². The summed E-state index contributed by atoms with van der Waals surface area (Å²) in [4.78, 5) is 12.1. The minimum Gasteiger partial charge on any atom is -0.343 e. The van der Waals surface area contributed by atoms with Gasteiger partial charge in [0, 0.05) is 0 Å². The van der Waals surface area contributed by atoms with Crippen molar-refractivity contribution in [3.63, 3.8) is 0 Å². The van der Waals surface area contributed by atoms with E-state index in [0.717, 1.165) is 31.2 Å². The number of carbonyl (C=O) groups excluding carboxylic acids is 1. The molecule has 0 aromatic heterocycles. The van der Waals surface area contributed by atoms with Gasteiger partial charge in [0.2, 0.25) is 0 Å². The van der Waals surface area contributed by atoms with Gasteiger partial charge >= 0.3 is 0 Å². The highest BCUT2D eigenvalue weighted by atomic mass is 35.6. The summed E-state index contributed by atoms with van der Waals surface area (Å²) in [6.07, 6.45) is 8.84. The number of allylic oxidation sites excluding steroid dienone is 1. The lowest BCUT2D eigenvalue weighted by atomic mass is 9.86. The number of hydrogen-bond acceptors (Lipinski definition) is 1. The van der Waals surface area contributed by atoms with Crippen molar-refractivity contribution in [2.24, 2.45) is 0 Å². The Morgan fingerprint density at radius 1 is 1.19 bits per heavy atom. The zero-order chi connectivity index (χ0) is 15.3. The van der Waals surface area contributed by atoms with E-state index < -0.39 is 15.2 Å². The Hall–Kier alpha value is -0.700. The van der Waals surface area contributed by atoms with E-state index in [4.69, 9.17) is 34.8 Å². The van der Waals surface area contributed by atoms with Crippen LogP contribution in [0.5, 0.6) is 0 Å². The number of alkyl halides is 3. The molecule has 2 rings (SSSR count). The van der Waals surface area contributed by atoms with Crippen molar-refractivity contribution in [3.05, 3.63) is 48.0 Å². The summed E-state index contributed by atoms with van der Waals surface area (Å²) in [6.45, 7) is 0. The van der Waals surface area contributed by atoms with Gasteiger partial charge in [0.15, 0.2) is 0 Å². The fraction of sp³-hybridized carbons (Fsp3) is 0.438. The van der Waals surface area contributed by atoms with Crippen molar-refractivity contribution < 1.29 is 4.79 Å². The normalized spacial score (nSPS) is 22.6. The van der Waals surface area contributed by atoms with Crippen LogP contribution in [0.1, 0.15) is 31.2 Å². The van der Waals surface area contributed by atoms with E-state index in [0.29, 0.717) is 6.42 Å². The van der Waals surface area contributed by atoms with Gasteiger partial charge in [-0.2, -0.15) is 0 Å². The molecular formula is C16H18Cl3NO. The molecule has 1 aliphatic carbocycles. The first kappa shape index (κ1) is 16.7. The smallest absolute Gasteiger partial charge is 0.272 e. The largest absolute Gasteiger partial charge is 0.343 e. The lowest BCUT2D eigenvalue weighted by molar-refractivity contribution is -0.121. The summed E-state index contributed by atoms with van der Waals surface area (Å²) in [7, 11) is 0. The molecule has 0 aliphatic heterocycles. The van der Waals surface area contributed by atoms with Crippen LogP contribution in [-0.2, 0) is 11.2 Å². The average Bonchev–Trinajstić information content (AvgIpc) is 2.64. The van der Waals surface area contributed by atoms with Crippen LogP contribution in [-0.4, -0.2) is 15.2 Å². The molecule has 114 valence electrons. The van der Waals surface area contributed by atoms with E-state index in [1.54, 1.807) is 0 Å². The molecule has 0 saturated carbocycles. The number of halogens is 3. The molecule has 1 unspecified atom stereocenters. The monoisotopic (exact) mass is 345 g/mol. The van der Waals surface area contributed by atoms with Crippen molar-refractivity contribution in [2.75, 3.05) is 0 Å². The Morgan fingerprint density at radius 2 is 1.90 bits per heavy atom. The quantitative estimate of drug-likeness (QED) is 0.629. The molecule has 1 amide bonds. The summed E-state index contributed by atoms with van der Waals surface area (Å²) < 4.78 is -1.94. The molecule has 0 fully saturated rings. The van der Waals surface area contributed by atoms with E-state index >= 15 is 0 Å². The van der Waals surface area contributed by atoms with Gasteiger partial charge in [-0.05, 0) is 31.2 Å². The molecule has 0 radical (unpaired) electrons. The number of nitrogens with one attached hydrogen (secondary N) is 1. The van der Waals surface area contributed by atoms with E-state index in [1.807, 2.05) is 30.3 Å². The third-order valence-electron chi connectivity index (χ3n) is 3.66. The summed E-state index contributed by atoms with van der Waals surface area (Å²) in [5.74, 6) is -0.574. The Balaban J connectivity index is 2.24. The van der Waals surface area contributed by atoms with Crippen molar-refractivity contribution in [1.29, 1.82) is 0 Å². The van der Waals surface area contributed by atoms with Gasteiger partial charge in [-0.3, -0.25) is 4.79 Å². The van der Waals surface area contributed by atoms with Crippen LogP contribution in [0.2, 0.25) is 0 Å². The highest BCUT2D eigenvalue weighted by Crippen LogP contribution is 2.31. The Kier molecular flexibility index (Phi) is 5.59. The maximum Gasteiger partial charge on any atom is 0.272 e. The molecule has 1 N–H and O–H groups in total. The predicted molar refractivity (Wildman–Crippen MR) is 88.9 cm³/mol. The van der Waals surface area contributed by atoms with E-state index in [9.17, 15) is 4.79 Å². The molecule has 5 heteroatoms. The fourth-order valence-electron chi connectivity index (χ4n) is 2.65. The van der Waals surface area contributed by atoms with Crippen LogP contribution >= 0.6 is 34.8 Å². The number of hydrogen-bond donors (Lipinski definition) is 1. The number of carbonyl (C=O) groups is 1. The minimum atomic E-state index is -1.94. The van der Waals surface area contributed by atoms with Gasteiger partial charge < -0.3 is 5.32 Å². The fourth-order valence-corrected chi connectivity index (χ4v) is 2.79. The first-order valence-electron chi connectivity index (χ1n) is 7.02. The zero-order valence-electron chi connectivity index (χ0n) is 11.6. The molecule has 1 aromatic carbocycles. The molecule has 21 heavy (non-hydrogen) atoms. The minimum absolute atomic E-state index is 0.487. The van der Waals surface area contributed by atoms with Crippen molar-refractivity contribution in [3.8, 4) is 0 Å². The topological polar surface area (TPSA) is 29.1 Å². The predicted octanol–water partition coefficient (Wildman–Crippen LogP) is 4.58. The van der Waals surface area contributed by atoms with Crippen LogP contribution in [0, 0.1) is 0 Å². The molecule has 0 heterocycles. The molecule has 2 nitrogen and oxygen atoms in total. The third-order valence-corrected chi connectivity index (χ3v) is 4.18. The Labute approximate surface area is 140 Å². The van der Waals surface area contributed by atoms with Crippen molar-refractivity contribution in [1.82, 2.24) is 5.32 Å². The molecule has 1 atom stereocenters.